The minimum atomic E-state index is -0.366. The van der Waals surface area contributed by atoms with Gasteiger partial charge in [-0.25, -0.2) is 4.79 Å². The number of piperidine rings is 1. The number of amides is 1. The maximum atomic E-state index is 12.7. The van der Waals surface area contributed by atoms with E-state index in [4.69, 9.17) is 16.3 Å². The van der Waals surface area contributed by atoms with Crippen LogP contribution in [0.5, 0.6) is 0 Å². The summed E-state index contributed by atoms with van der Waals surface area (Å²) in [6, 6.07) is 14.8. The van der Waals surface area contributed by atoms with Gasteiger partial charge in [-0.2, -0.15) is 0 Å². The van der Waals surface area contributed by atoms with Crippen LogP contribution in [-0.2, 0) is 4.74 Å². The molecule has 0 aromatic heterocycles. The standard InChI is InChI=1S/C23H27ClN2O2/c1-15-6-4-9-21(16-7-5-8-17(24)12-16)22(15)25-23(27)28-20-13-18-10-11-19(14-20)26(18,2)3/h4-9,12,18-20H,10-11,13-14H2,1-3H3/p+1/t18-,19+,20?. The number of fused-ring (bicyclic) bond motifs is 2. The van der Waals surface area contributed by atoms with Crippen LogP contribution < -0.4 is 5.32 Å². The molecule has 3 atom stereocenters. The molecule has 5 heteroatoms. The number of halogens is 1. The fourth-order valence-electron chi connectivity index (χ4n) is 4.94. The quantitative estimate of drug-likeness (QED) is 0.679. The van der Waals surface area contributed by atoms with E-state index in [1.807, 2.05) is 49.4 Å². The minimum absolute atomic E-state index is 0.00212. The second kappa shape index (κ2) is 7.41. The largest absolute Gasteiger partial charge is 0.445 e. The van der Waals surface area contributed by atoms with Gasteiger partial charge in [-0.3, -0.25) is 5.32 Å². The number of benzene rings is 2. The fraction of sp³-hybridized carbons (Fsp3) is 0.435. The fourth-order valence-corrected chi connectivity index (χ4v) is 5.13. The molecule has 1 unspecified atom stereocenters. The van der Waals surface area contributed by atoms with Gasteiger partial charge in [0.1, 0.15) is 6.10 Å². The number of ether oxygens (including phenoxy) is 1. The van der Waals surface area contributed by atoms with Crippen LogP contribution in [0.15, 0.2) is 42.5 Å². The summed E-state index contributed by atoms with van der Waals surface area (Å²) in [6.07, 6.45) is 4.00. The predicted molar refractivity (Wildman–Crippen MR) is 114 cm³/mol. The van der Waals surface area contributed by atoms with Crippen LogP contribution in [0.4, 0.5) is 10.5 Å². The second-order valence-electron chi connectivity index (χ2n) is 8.65. The SMILES string of the molecule is Cc1cccc(-c2cccc(Cl)c2)c1NC(=O)OC1C[C@H]2CC[C@@H](C1)[N+]2(C)C. The highest BCUT2D eigenvalue weighted by molar-refractivity contribution is 6.30. The lowest BCUT2D eigenvalue weighted by molar-refractivity contribution is -0.931. The molecule has 0 saturated carbocycles. The zero-order chi connectivity index (χ0) is 19.9. The lowest BCUT2D eigenvalue weighted by atomic mass is 9.98. The van der Waals surface area contributed by atoms with E-state index in [-0.39, 0.29) is 12.2 Å². The third-order valence-corrected chi connectivity index (χ3v) is 6.93. The third kappa shape index (κ3) is 3.63. The van der Waals surface area contributed by atoms with E-state index in [2.05, 4.69) is 19.4 Å². The van der Waals surface area contributed by atoms with Crippen LogP contribution in [0.25, 0.3) is 11.1 Å². The molecular weight excluding hydrogens is 372 g/mol. The monoisotopic (exact) mass is 399 g/mol. The molecule has 2 bridgehead atoms. The van der Waals surface area contributed by atoms with Gasteiger partial charge in [0.25, 0.3) is 0 Å². The minimum Gasteiger partial charge on any atom is -0.445 e. The van der Waals surface area contributed by atoms with Crippen molar-refractivity contribution in [2.75, 3.05) is 19.4 Å². The molecule has 2 heterocycles. The number of carbonyl (C=O) groups is 1. The summed E-state index contributed by atoms with van der Waals surface area (Å²) >= 11 is 6.16. The summed E-state index contributed by atoms with van der Waals surface area (Å²) in [4.78, 5) is 12.7. The molecule has 4 rings (SSSR count). The number of anilines is 1. The Labute approximate surface area is 172 Å². The number of hydrogen-bond donors (Lipinski definition) is 1. The van der Waals surface area contributed by atoms with Crippen molar-refractivity contribution in [1.82, 2.24) is 0 Å². The van der Waals surface area contributed by atoms with E-state index in [0.717, 1.165) is 39.7 Å². The van der Waals surface area contributed by atoms with E-state index in [1.54, 1.807) is 0 Å². The Morgan fingerprint density at radius 3 is 2.46 bits per heavy atom. The summed E-state index contributed by atoms with van der Waals surface area (Å²) in [5, 5.41) is 3.68. The zero-order valence-corrected chi connectivity index (χ0v) is 17.5. The summed E-state index contributed by atoms with van der Waals surface area (Å²) < 4.78 is 6.92. The van der Waals surface area contributed by atoms with Gasteiger partial charge >= 0.3 is 6.09 Å². The molecular formula is C23H28ClN2O2+. The van der Waals surface area contributed by atoms with Gasteiger partial charge in [0.2, 0.25) is 0 Å². The Morgan fingerprint density at radius 2 is 1.79 bits per heavy atom. The molecule has 1 amide bonds. The van der Waals surface area contributed by atoms with Gasteiger partial charge in [-0.15, -0.1) is 0 Å². The number of carbonyl (C=O) groups excluding carboxylic acids is 1. The Balaban J connectivity index is 1.50. The molecule has 1 N–H and O–H groups in total. The first-order valence-electron chi connectivity index (χ1n) is 10.0. The van der Waals surface area contributed by atoms with Crippen LogP contribution in [0.2, 0.25) is 5.02 Å². The second-order valence-corrected chi connectivity index (χ2v) is 9.08. The number of quaternary nitrogens is 1. The first kappa shape index (κ1) is 19.3. The third-order valence-electron chi connectivity index (χ3n) is 6.69. The average molecular weight is 400 g/mol. The Morgan fingerprint density at radius 1 is 1.11 bits per heavy atom. The van der Waals surface area contributed by atoms with Crippen molar-refractivity contribution in [3.63, 3.8) is 0 Å². The maximum absolute atomic E-state index is 12.7. The Bertz CT molecular complexity index is 880. The molecule has 28 heavy (non-hydrogen) atoms. The lowest BCUT2D eigenvalue weighted by Crippen LogP contribution is -2.56. The van der Waals surface area contributed by atoms with Gasteiger partial charge < -0.3 is 9.22 Å². The van der Waals surface area contributed by atoms with E-state index in [1.165, 1.54) is 12.8 Å². The molecule has 2 aromatic carbocycles. The topological polar surface area (TPSA) is 38.3 Å². The van der Waals surface area contributed by atoms with Crippen LogP contribution in [-0.4, -0.2) is 42.9 Å². The highest BCUT2D eigenvalue weighted by Crippen LogP contribution is 2.40. The van der Waals surface area contributed by atoms with Crippen LogP contribution in [0, 0.1) is 6.92 Å². The van der Waals surface area contributed by atoms with Crippen molar-refractivity contribution >= 4 is 23.4 Å². The molecule has 0 radical (unpaired) electrons. The predicted octanol–water partition coefficient (Wildman–Crippen LogP) is 5.63. The van der Waals surface area contributed by atoms with Gasteiger partial charge in [0.05, 0.1) is 31.9 Å². The molecule has 2 aromatic rings. The van der Waals surface area contributed by atoms with Crippen LogP contribution in [0.3, 0.4) is 0 Å². The first-order chi connectivity index (χ1) is 13.3. The molecule has 0 spiro atoms. The number of para-hydroxylation sites is 1. The summed E-state index contributed by atoms with van der Waals surface area (Å²) in [5.74, 6) is 0. The lowest BCUT2D eigenvalue weighted by Gasteiger charge is -2.43. The average Bonchev–Trinajstić information content (AvgIpc) is 2.81. The first-order valence-corrected chi connectivity index (χ1v) is 10.4. The Hall–Kier alpha value is -2.04. The molecule has 2 saturated heterocycles. The van der Waals surface area contributed by atoms with Gasteiger partial charge in [0.15, 0.2) is 0 Å². The maximum Gasteiger partial charge on any atom is 0.411 e. The van der Waals surface area contributed by atoms with Gasteiger partial charge in [-0.05, 0) is 30.2 Å². The number of hydrogen-bond acceptors (Lipinski definition) is 2. The molecule has 148 valence electrons. The number of aryl methyl sites for hydroxylation is 1. The zero-order valence-electron chi connectivity index (χ0n) is 16.7. The highest BCUT2D eigenvalue weighted by Gasteiger charge is 2.49. The molecule has 2 aliphatic heterocycles. The van der Waals surface area contributed by atoms with Gasteiger partial charge in [-0.1, -0.05) is 41.9 Å². The highest BCUT2D eigenvalue weighted by atomic mass is 35.5. The van der Waals surface area contributed by atoms with E-state index < -0.39 is 0 Å². The van der Waals surface area contributed by atoms with Crippen molar-refractivity contribution in [2.24, 2.45) is 0 Å². The van der Waals surface area contributed by atoms with E-state index in [0.29, 0.717) is 17.1 Å². The van der Waals surface area contributed by atoms with Crippen LogP contribution >= 0.6 is 11.6 Å². The summed E-state index contributed by atoms with van der Waals surface area (Å²) in [6.45, 7) is 1.99. The smallest absolute Gasteiger partial charge is 0.411 e. The van der Waals surface area contributed by atoms with Crippen molar-refractivity contribution in [3.8, 4) is 11.1 Å². The Kier molecular flexibility index (Phi) is 5.11. The number of nitrogens with one attached hydrogen (secondary N) is 1. The summed E-state index contributed by atoms with van der Waals surface area (Å²) in [5.41, 5.74) is 3.70. The van der Waals surface area contributed by atoms with E-state index in [9.17, 15) is 4.79 Å². The number of nitrogens with zero attached hydrogens (tertiary/aromatic N) is 1. The normalized spacial score (nSPS) is 25.4. The van der Waals surface area contributed by atoms with Crippen molar-refractivity contribution in [3.05, 3.63) is 53.1 Å². The number of rotatable bonds is 3. The van der Waals surface area contributed by atoms with Crippen molar-refractivity contribution in [1.29, 1.82) is 0 Å². The summed E-state index contributed by atoms with van der Waals surface area (Å²) in [7, 11) is 4.62. The van der Waals surface area contributed by atoms with Crippen molar-refractivity contribution < 1.29 is 14.0 Å². The molecule has 2 fully saturated rings. The molecule has 2 aliphatic rings. The van der Waals surface area contributed by atoms with Crippen LogP contribution in [0.1, 0.15) is 31.2 Å². The van der Waals surface area contributed by atoms with E-state index >= 15 is 0 Å². The van der Waals surface area contributed by atoms with Gasteiger partial charge in [0, 0.05) is 36.3 Å². The van der Waals surface area contributed by atoms with Crippen molar-refractivity contribution in [2.45, 2.75) is 50.8 Å². The molecule has 0 aliphatic carbocycles. The molecule has 4 nitrogen and oxygen atoms in total.